The van der Waals surface area contributed by atoms with E-state index >= 15 is 0 Å². The van der Waals surface area contributed by atoms with Gasteiger partial charge < -0.3 is 41.9 Å². The maximum atomic E-state index is 13.2. The summed E-state index contributed by atoms with van der Waals surface area (Å²) in [5.41, 5.74) is 0. The van der Waals surface area contributed by atoms with Gasteiger partial charge in [0.25, 0.3) is 0 Å². The Labute approximate surface area is 233 Å². The van der Waals surface area contributed by atoms with Crippen LogP contribution in [0.25, 0.3) is 0 Å². The summed E-state index contributed by atoms with van der Waals surface area (Å²) in [6.07, 6.45) is -2.00. The van der Waals surface area contributed by atoms with Crippen molar-refractivity contribution in [2.45, 2.75) is 104 Å². The highest BCUT2D eigenvalue weighted by molar-refractivity contribution is 5.97. The summed E-state index contributed by atoms with van der Waals surface area (Å²) in [5.74, 6) is -7.12. The largest absolute Gasteiger partial charge is 0.481 e. The lowest BCUT2D eigenvalue weighted by Gasteiger charge is -2.27. The Morgan fingerprint density at radius 1 is 0.600 bits per heavy atom. The molecule has 5 amide bonds. The number of hydrogen-bond donors (Lipinski definition) is 8. The average Bonchev–Trinajstić information content (AvgIpc) is 2.79. The van der Waals surface area contributed by atoms with Crippen molar-refractivity contribution in [2.75, 3.05) is 0 Å². The molecule has 0 unspecified atom stereocenters. The number of nitrogens with one attached hydrogen (secondary N) is 5. The van der Waals surface area contributed by atoms with Gasteiger partial charge in [0.1, 0.15) is 30.2 Å². The molecule has 0 rings (SSSR count). The van der Waals surface area contributed by atoms with Crippen LogP contribution in [-0.2, 0) is 33.6 Å². The first-order valence-corrected chi connectivity index (χ1v) is 13.0. The van der Waals surface area contributed by atoms with Gasteiger partial charge in [-0.1, -0.05) is 27.7 Å². The van der Waals surface area contributed by atoms with Crippen LogP contribution in [0.4, 0.5) is 0 Å². The molecule has 0 saturated carbocycles. The third-order valence-corrected chi connectivity index (χ3v) is 5.54. The zero-order valence-corrected chi connectivity index (χ0v) is 23.9. The number of amides is 5. The van der Waals surface area contributed by atoms with E-state index in [1.54, 1.807) is 27.7 Å². The topological polar surface area (TPSA) is 240 Å². The van der Waals surface area contributed by atoms with Crippen LogP contribution in [-0.4, -0.2) is 93.1 Å². The molecule has 8 N–H and O–H groups in total. The van der Waals surface area contributed by atoms with E-state index in [0.717, 1.165) is 6.92 Å². The molecule has 15 nitrogen and oxygen atoms in total. The van der Waals surface area contributed by atoms with Crippen LogP contribution in [0.1, 0.15) is 67.7 Å². The lowest BCUT2D eigenvalue weighted by atomic mass is 9.99. The Bertz CT molecular complexity index is 937. The Morgan fingerprint density at radius 2 is 1.00 bits per heavy atom. The first-order valence-electron chi connectivity index (χ1n) is 13.0. The second-order valence-corrected chi connectivity index (χ2v) is 10.5. The van der Waals surface area contributed by atoms with Crippen LogP contribution in [0.15, 0.2) is 0 Å². The first kappa shape index (κ1) is 36.2. The Balaban J connectivity index is 5.91. The smallest absolute Gasteiger partial charge is 0.325 e. The molecule has 228 valence electrons. The molecule has 0 aromatic rings. The molecular weight excluding hydrogens is 530 g/mol. The Kier molecular flexibility index (Phi) is 15.4. The molecule has 0 fully saturated rings. The average molecular weight is 574 g/mol. The number of carboxylic acids is 2. The van der Waals surface area contributed by atoms with E-state index < -0.39 is 84.2 Å². The first-order chi connectivity index (χ1) is 18.3. The molecule has 6 atom stereocenters. The molecule has 40 heavy (non-hydrogen) atoms. The van der Waals surface area contributed by atoms with E-state index in [1.165, 1.54) is 13.8 Å². The number of carbonyl (C=O) groups excluding carboxylic acids is 5. The lowest BCUT2D eigenvalue weighted by molar-refractivity contribution is -0.142. The zero-order chi connectivity index (χ0) is 31.3. The van der Waals surface area contributed by atoms with Crippen molar-refractivity contribution < 1.29 is 48.9 Å². The molecule has 0 aromatic heterocycles. The Morgan fingerprint density at radius 3 is 1.35 bits per heavy atom. The highest BCUT2D eigenvalue weighted by Crippen LogP contribution is 2.10. The number of carbonyl (C=O) groups is 7. The third kappa shape index (κ3) is 13.9. The van der Waals surface area contributed by atoms with Crippen LogP contribution >= 0.6 is 0 Å². The molecule has 0 aliphatic rings. The molecule has 0 radical (unpaired) electrons. The third-order valence-electron chi connectivity index (χ3n) is 5.54. The van der Waals surface area contributed by atoms with E-state index in [1.807, 2.05) is 0 Å². The van der Waals surface area contributed by atoms with Crippen molar-refractivity contribution in [2.24, 2.45) is 11.8 Å². The lowest BCUT2D eigenvalue weighted by Crippen LogP contribution is -2.60. The van der Waals surface area contributed by atoms with Gasteiger partial charge in [0.15, 0.2) is 0 Å². The minimum absolute atomic E-state index is 0.0741. The van der Waals surface area contributed by atoms with Gasteiger partial charge in [0, 0.05) is 6.92 Å². The van der Waals surface area contributed by atoms with E-state index in [0.29, 0.717) is 0 Å². The maximum absolute atomic E-state index is 13.2. The predicted molar refractivity (Wildman–Crippen MR) is 141 cm³/mol. The van der Waals surface area contributed by atoms with Crippen LogP contribution in [0.3, 0.4) is 0 Å². The summed E-state index contributed by atoms with van der Waals surface area (Å²) in [5, 5.41) is 39.9. The number of hydrogen-bond acceptors (Lipinski definition) is 8. The predicted octanol–water partition coefficient (Wildman–Crippen LogP) is -1.52. The second-order valence-electron chi connectivity index (χ2n) is 10.5. The van der Waals surface area contributed by atoms with Gasteiger partial charge >= 0.3 is 11.9 Å². The molecular formula is C25H43N5O10. The normalized spacial score (nSPS) is 15.6. The number of rotatable bonds is 17. The fourth-order valence-corrected chi connectivity index (χ4v) is 3.60. The van der Waals surface area contributed by atoms with Crippen molar-refractivity contribution in [1.82, 2.24) is 26.6 Å². The maximum Gasteiger partial charge on any atom is 0.325 e. The summed E-state index contributed by atoms with van der Waals surface area (Å²) in [6, 6.07) is -6.73. The Hall–Kier alpha value is -3.75. The van der Waals surface area contributed by atoms with Gasteiger partial charge in [-0.05, 0) is 38.5 Å². The molecule has 0 aromatic carbocycles. The standard InChI is InChI=1S/C25H43N5O10/c1-11(2)8-16(21(35)26-13(5)25(39)40)28-22(36)17(9-12(3)4)29-23(37)18(10-19(33)34)30-24(38)20(14(6)31)27-15(7)32/h11-14,16-18,20,31H,8-10H2,1-7H3,(H,26,35)(H,27,32)(H,28,36)(H,29,37)(H,30,38)(H,33,34)(H,39,40)/t13-,14+,16-,17-,18-,20-/m0/s1. The zero-order valence-electron chi connectivity index (χ0n) is 23.9. The van der Waals surface area contributed by atoms with Crippen molar-refractivity contribution >= 4 is 41.5 Å². The van der Waals surface area contributed by atoms with E-state index in [-0.39, 0.29) is 24.7 Å². The van der Waals surface area contributed by atoms with E-state index in [9.17, 15) is 43.8 Å². The quantitative estimate of drug-likeness (QED) is 0.0999. The second kappa shape index (κ2) is 17.0. The number of aliphatic hydroxyl groups is 1. The molecule has 0 bridgehead atoms. The van der Waals surface area contributed by atoms with Crippen molar-refractivity contribution in [1.29, 1.82) is 0 Å². The van der Waals surface area contributed by atoms with Gasteiger partial charge in [0.2, 0.25) is 29.5 Å². The van der Waals surface area contributed by atoms with Crippen LogP contribution in [0.2, 0.25) is 0 Å². The van der Waals surface area contributed by atoms with E-state index in [4.69, 9.17) is 5.11 Å². The summed E-state index contributed by atoms with van der Waals surface area (Å²) in [7, 11) is 0. The van der Waals surface area contributed by atoms with Crippen LogP contribution in [0, 0.1) is 11.8 Å². The molecule has 0 spiro atoms. The van der Waals surface area contributed by atoms with Crippen molar-refractivity contribution in [3.63, 3.8) is 0 Å². The minimum atomic E-state index is -1.67. The minimum Gasteiger partial charge on any atom is -0.481 e. The number of aliphatic carboxylic acids is 2. The van der Waals surface area contributed by atoms with Gasteiger partial charge in [-0.2, -0.15) is 0 Å². The number of carboxylic acid groups (broad SMARTS) is 2. The molecule has 0 aliphatic carbocycles. The summed E-state index contributed by atoms with van der Waals surface area (Å²) in [4.78, 5) is 85.6. The molecule has 0 aliphatic heterocycles. The molecule has 0 heterocycles. The summed E-state index contributed by atoms with van der Waals surface area (Å²) >= 11 is 0. The molecule has 15 heteroatoms. The van der Waals surface area contributed by atoms with Gasteiger partial charge in [-0.25, -0.2) is 0 Å². The SMILES string of the molecule is CC(=O)N[C@H](C(=O)N[C@@H](CC(=O)O)C(=O)N[C@@H](CC(C)C)C(=O)N[C@@H](CC(C)C)C(=O)N[C@@H](C)C(=O)O)[C@@H](C)O. The van der Waals surface area contributed by atoms with Gasteiger partial charge in [0.05, 0.1) is 12.5 Å². The van der Waals surface area contributed by atoms with Crippen molar-refractivity contribution in [3.05, 3.63) is 0 Å². The van der Waals surface area contributed by atoms with Crippen LogP contribution < -0.4 is 26.6 Å². The fourth-order valence-electron chi connectivity index (χ4n) is 3.60. The highest BCUT2D eigenvalue weighted by atomic mass is 16.4. The van der Waals surface area contributed by atoms with E-state index in [2.05, 4.69) is 26.6 Å². The molecule has 0 saturated heterocycles. The summed E-state index contributed by atoms with van der Waals surface area (Å²) < 4.78 is 0. The summed E-state index contributed by atoms with van der Waals surface area (Å²) in [6.45, 7) is 10.7. The van der Waals surface area contributed by atoms with Crippen LogP contribution in [0.5, 0.6) is 0 Å². The van der Waals surface area contributed by atoms with Gasteiger partial charge in [-0.3, -0.25) is 33.6 Å². The highest BCUT2D eigenvalue weighted by Gasteiger charge is 2.34. The number of aliphatic hydroxyl groups excluding tert-OH is 1. The van der Waals surface area contributed by atoms with Gasteiger partial charge in [-0.15, -0.1) is 0 Å². The monoisotopic (exact) mass is 573 g/mol. The fraction of sp³-hybridized carbons (Fsp3) is 0.720. The van der Waals surface area contributed by atoms with Crippen molar-refractivity contribution in [3.8, 4) is 0 Å².